The van der Waals surface area contributed by atoms with Gasteiger partial charge in [0.15, 0.2) is 0 Å². The summed E-state index contributed by atoms with van der Waals surface area (Å²) in [5.41, 5.74) is 3.14. The molecule has 3 heterocycles. The van der Waals surface area contributed by atoms with E-state index >= 15 is 0 Å². The van der Waals surface area contributed by atoms with E-state index < -0.39 is 11.9 Å². The molecular formula is C23H21N5O5. The van der Waals surface area contributed by atoms with Gasteiger partial charge in [-0.1, -0.05) is 17.3 Å². The van der Waals surface area contributed by atoms with E-state index in [0.717, 1.165) is 22.4 Å². The van der Waals surface area contributed by atoms with Gasteiger partial charge in [0, 0.05) is 30.6 Å². The Morgan fingerprint density at radius 3 is 2.76 bits per heavy atom. The number of nitrogens with zero attached hydrogens (tertiary/aromatic N) is 3. The largest absolute Gasteiger partial charge is 0.497 e. The smallest absolute Gasteiger partial charge is 0.322 e. The summed E-state index contributed by atoms with van der Waals surface area (Å²) in [7, 11) is 1.60. The van der Waals surface area contributed by atoms with Crippen molar-refractivity contribution < 1.29 is 23.6 Å². The molecule has 0 aliphatic carbocycles. The number of piperidine rings is 1. The zero-order valence-corrected chi connectivity index (χ0v) is 17.8. The lowest BCUT2D eigenvalue weighted by Gasteiger charge is -2.29. The first-order valence-electron chi connectivity index (χ1n) is 10.5. The van der Waals surface area contributed by atoms with E-state index in [0.29, 0.717) is 30.9 Å². The molecule has 168 valence electrons. The van der Waals surface area contributed by atoms with Gasteiger partial charge in [0.25, 0.3) is 5.91 Å². The highest BCUT2D eigenvalue weighted by Crippen LogP contribution is 2.28. The lowest BCUT2D eigenvalue weighted by Crippen LogP contribution is -2.52. The normalized spacial score (nSPS) is 17.7. The number of imide groups is 1. The highest BCUT2D eigenvalue weighted by molar-refractivity contribution is 6.05. The van der Waals surface area contributed by atoms with E-state index in [4.69, 9.17) is 9.26 Å². The van der Waals surface area contributed by atoms with E-state index in [-0.39, 0.29) is 24.2 Å². The van der Waals surface area contributed by atoms with E-state index in [1.54, 1.807) is 13.2 Å². The van der Waals surface area contributed by atoms with Gasteiger partial charge in [-0.2, -0.15) is 4.98 Å². The van der Waals surface area contributed by atoms with Crippen LogP contribution in [0.2, 0.25) is 0 Å². The van der Waals surface area contributed by atoms with Crippen LogP contribution >= 0.6 is 0 Å². The minimum absolute atomic E-state index is 0.194. The molecule has 2 aliphatic rings. The molecule has 1 unspecified atom stereocenters. The summed E-state index contributed by atoms with van der Waals surface area (Å²) in [6, 6.07) is 12.5. The molecule has 2 aliphatic heterocycles. The second-order valence-corrected chi connectivity index (χ2v) is 7.90. The van der Waals surface area contributed by atoms with Crippen LogP contribution in [0, 0.1) is 0 Å². The van der Waals surface area contributed by atoms with Gasteiger partial charge in [-0.3, -0.25) is 19.7 Å². The van der Waals surface area contributed by atoms with Gasteiger partial charge in [0.1, 0.15) is 11.8 Å². The van der Waals surface area contributed by atoms with Gasteiger partial charge < -0.3 is 19.5 Å². The molecule has 10 heteroatoms. The van der Waals surface area contributed by atoms with Crippen LogP contribution in [0.5, 0.6) is 5.75 Å². The van der Waals surface area contributed by atoms with Gasteiger partial charge in [-0.25, -0.2) is 0 Å². The van der Waals surface area contributed by atoms with Crippen molar-refractivity contribution in [2.24, 2.45) is 0 Å². The number of anilines is 1. The first-order valence-corrected chi connectivity index (χ1v) is 10.5. The number of carbonyl (C=O) groups is 3. The van der Waals surface area contributed by atoms with Crippen LogP contribution in [0.15, 0.2) is 47.0 Å². The summed E-state index contributed by atoms with van der Waals surface area (Å²) in [4.78, 5) is 42.3. The molecular weight excluding hydrogens is 426 g/mol. The van der Waals surface area contributed by atoms with Crippen molar-refractivity contribution >= 4 is 23.7 Å². The standard InChI is InChI=1S/C23H21N5O5/c1-32-16-5-3-14(4-6-16)20-26-23(33-27-20)24-11-13-2-7-17-15(10-13)12-28(22(17)31)18-8-9-19(29)25-21(18)30/h2-7,10,18H,8-9,11-12H2,1H3,(H,24,26,27)(H,25,29,30). The molecule has 10 nitrogen and oxygen atoms in total. The number of aromatic nitrogens is 2. The third-order valence-electron chi connectivity index (χ3n) is 5.81. The third-order valence-corrected chi connectivity index (χ3v) is 5.81. The lowest BCUT2D eigenvalue weighted by atomic mass is 10.0. The number of hydrogen-bond donors (Lipinski definition) is 2. The highest BCUT2D eigenvalue weighted by Gasteiger charge is 2.39. The Morgan fingerprint density at radius 1 is 1.18 bits per heavy atom. The summed E-state index contributed by atoms with van der Waals surface area (Å²) in [5, 5.41) is 9.40. The molecule has 1 aromatic heterocycles. The maximum atomic E-state index is 12.8. The number of nitrogens with one attached hydrogen (secondary N) is 2. The van der Waals surface area contributed by atoms with Crippen molar-refractivity contribution in [3.05, 3.63) is 59.2 Å². The molecule has 3 aromatic rings. The summed E-state index contributed by atoms with van der Waals surface area (Å²) < 4.78 is 10.4. The maximum Gasteiger partial charge on any atom is 0.322 e. The maximum absolute atomic E-state index is 12.8. The Labute approximate surface area is 188 Å². The number of hydrogen-bond acceptors (Lipinski definition) is 8. The SMILES string of the molecule is COc1ccc(-c2noc(NCc3ccc4c(c3)CN(C3CCC(=O)NC3=O)C4=O)n2)cc1. The van der Waals surface area contributed by atoms with Gasteiger partial charge >= 0.3 is 6.01 Å². The number of fused-ring (bicyclic) bond motifs is 1. The van der Waals surface area contributed by atoms with Gasteiger partial charge in [-0.05, 0) is 47.9 Å². The molecule has 1 atom stereocenters. The average molecular weight is 447 g/mol. The number of ether oxygens (including phenoxy) is 1. The molecule has 0 spiro atoms. The van der Waals surface area contributed by atoms with Crippen LogP contribution in [-0.2, 0) is 22.7 Å². The average Bonchev–Trinajstić information content (AvgIpc) is 3.42. The predicted octanol–water partition coefficient (Wildman–Crippen LogP) is 2.12. The molecule has 1 fully saturated rings. The molecule has 0 saturated carbocycles. The molecule has 1 saturated heterocycles. The fourth-order valence-electron chi connectivity index (χ4n) is 4.07. The number of carbonyl (C=O) groups excluding carboxylic acids is 3. The highest BCUT2D eigenvalue weighted by atomic mass is 16.5. The van der Waals surface area contributed by atoms with Crippen LogP contribution < -0.4 is 15.4 Å². The first-order chi connectivity index (χ1) is 16.0. The van der Waals surface area contributed by atoms with Crippen molar-refractivity contribution in [3.8, 4) is 17.1 Å². The second kappa shape index (κ2) is 8.38. The quantitative estimate of drug-likeness (QED) is 0.550. The van der Waals surface area contributed by atoms with E-state index in [2.05, 4.69) is 20.8 Å². The van der Waals surface area contributed by atoms with Gasteiger partial charge in [0.2, 0.25) is 17.6 Å². The molecule has 2 aromatic carbocycles. The van der Waals surface area contributed by atoms with Crippen LogP contribution in [0.1, 0.15) is 34.3 Å². The number of amides is 3. The molecule has 0 radical (unpaired) electrons. The Balaban J connectivity index is 1.24. The summed E-state index contributed by atoms with van der Waals surface area (Å²) in [5.74, 6) is 0.287. The summed E-state index contributed by atoms with van der Waals surface area (Å²) in [6.07, 6.45) is 0.570. The topological polar surface area (TPSA) is 127 Å². The van der Waals surface area contributed by atoms with Gasteiger partial charge in [0.05, 0.1) is 7.11 Å². The molecule has 3 amide bonds. The number of benzene rings is 2. The Hall–Kier alpha value is -4.21. The van der Waals surface area contributed by atoms with E-state index in [1.165, 1.54) is 4.90 Å². The van der Waals surface area contributed by atoms with Crippen molar-refractivity contribution in [1.82, 2.24) is 20.4 Å². The van der Waals surface area contributed by atoms with Crippen molar-refractivity contribution in [1.29, 1.82) is 0 Å². The van der Waals surface area contributed by atoms with E-state index in [1.807, 2.05) is 36.4 Å². The van der Waals surface area contributed by atoms with Crippen LogP contribution in [-0.4, -0.2) is 45.9 Å². The zero-order chi connectivity index (χ0) is 22.9. The Morgan fingerprint density at radius 2 is 2.00 bits per heavy atom. The number of methoxy groups -OCH3 is 1. The molecule has 0 bridgehead atoms. The zero-order valence-electron chi connectivity index (χ0n) is 17.8. The monoisotopic (exact) mass is 447 g/mol. The Bertz CT molecular complexity index is 1240. The Kier molecular flexibility index (Phi) is 5.25. The number of rotatable bonds is 6. The van der Waals surface area contributed by atoms with Crippen molar-refractivity contribution in [3.63, 3.8) is 0 Å². The molecule has 5 rings (SSSR count). The van der Waals surface area contributed by atoms with Crippen molar-refractivity contribution in [2.75, 3.05) is 12.4 Å². The van der Waals surface area contributed by atoms with Crippen LogP contribution in [0.4, 0.5) is 6.01 Å². The molecule has 33 heavy (non-hydrogen) atoms. The van der Waals surface area contributed by atoms with Crippen LogP contribution in [0.25, 0.3) is 11.4 Å². The van der Waals surface area contributed by atoms with Crippen LogP contribution in [0.3, 0.4) is 0 Å². The summed E-state index contributed by atoms with van der Waals surface area (Å²) in [6.45, 7) is 0.751. The fourth-order valence-corrected chi connectivity index (χ4v) is 4.07. The minimum Gasteiger partial charge on any atom is -0.497 e. The lowest BCUT2D eigenvalue weighted by molar-refractivity contribution is -0.136. The summed E-state index contributed by atoms with van der Waals surface area (Å²) >= 11 is 0. The van der Waals surface area contributed by atoms with Crippen molar-refractivity contribution in [2.45, 2.75) is 32.0 Å². The predicted molar refractivity (Wildman–Crippen MR) is 116 cm³/mol. The fraction of sp³-hybridized carbons (Fsp3) is 0.261. The minimum atomic E-state index is -0.626. The van der Waals surface area contributed by atoms with Gasteiger partial charge in [-0.15, -0.1) is 0 Å². The third kappa shape index (κ3) is 4.02. The molecule has 2 N–H and O–H groups in total. The first kappa shape index (κ1) is 20.7. The second-order valence-electron chi connectivity index (χ2n) is 7.90. The van der Waals surface area contributed by atoms with E-state index in [9.17, 15) is 14.4 Å².